The molecule has 1 unspecified atom stereocenters. The second-order valence-electron chi connectivity index (χ2n) is 8.10. The van der Waals surface area contributed by atoms with Gasteiger partial charge in [0.2, 0.25) is 5.91 Å². The van der Waals surface area contributed by atoms with Crippen LogP contribution in [-0.2, 0) is 4.79 Å². The van der Waals surface area contributed by atoms with Crippen LogP contribution in [0.4, 0.5) is 19.0 Å². The zero-order valence-electron chi connectivity index (χ0n) is 17.0. The minimum Gasteiger partial charge on any atom is -0.489 e. The number of anilines is 1. The van der Waals surface area contributed by atoms with Crippen molar-refractivity contribution in [3.8, 4) is 16.9 Å². The number of amides is 1. The van der Waals surface area contributed by atoms with Crippen molar-refractivity contribution in [3.63, 3.8) is 0 Å². The largest absolute Gasteiger partial charge is 0.489 e. The number of hydrogen-bond acceptors (Lipinski definition) is 5. The van der Waals surface area contributed by atoms with Crippen LogP contribution in [0.3, 0.4) is 0 Å². The van der Waals surface area contributed by atoms with Crippen LogP contribution in [0.25, 0.3) is 16.6 Å². The van der Waals surface area contributed by atoms with E-state index >= 15 is 0 Å². The molecule has 1 aliphatic carbocycles. The van der Waals surface area contributed by atoms with Crippen LogP contribution < -0.4 is 15.8 Å². The lowest BCUT2D eigenvalue weighted by Gasteiger charge is -2.27. The predicted octanol–water partition coefficient (Wildman–Crippen LogP) is 3.71. The molecule has 0 radical (unpaired) electrons. The van der Waals surface area contributed by atoms with Crippen LogP contribution in [-0.4, -0.2) is 38.8 Å². The van der Waals surface area contributed by atoms with E-state index in [1.807, 2.05) is 6.07 Å². The Morgan fingerprint density at radius 2 is 2.06 bits per heavy atom. The molecule has 164 valence electrons. The van der Waals surface area contributed by atoms with Crippen molar-refractivity contribution in [3.05, 3.63) is 42.4 Å². The Kier molecular flexibility index (Phi) is 5.12. The number of fused-ring (bicyclic) bond motifs is 1. The summed E-state index contributed by atoms with van der Waals surface area (Å²) in [5.74, 6) is 0.654. The standard InChI is InChI=1S/C21H22F3N5O2/c1-12-7-16(17(10-26-12)31-11-20(2,25)21(22,23)24)14-5-6-29-15(8-14)9-18(28-29)27-19(30)13-3-4-13/h5-10,13H,3-4,11,25H2,1-2H3,(H,27,28,30). The van der Waals surface area contributed by atoms with E-state index in [4.69, 9.17) is 10.5 Å². The molecule has 1 fully saturated rings. The summed E-state index contributed by atoms with van der Waals surface area (Å²) in [7, 11) is 0. The molecule has 1 atom stereocenters. The predicted molar refractivity (Wildman–Crippen MR) is 109 cm³/mol. The summed E-state index contributed by atoms with van der Waals surface area (Å²) in [5, 5.41) is 7.13. The van der Waals surface area contributed by atoms with Gasteiger partial charge in [-0.25, -0.2) is 4.52 Å². The highest BCUT2D eigenvalue weighted by Gasteiger charge is 2.49. The second kappa shape index (κ2) is 7.52. The average Bonchev–Trinajstić information content (AvgIpc) is 3.46. The van der Waals surface area contributed by atoms with Crippen LogP contribution in [0.15, 0.2) is 36.7 Å². The summed E-state index contributed by atoms with van der Waals surface area (Å²) in [4.78, 5) is 16.1. The third-order valence-electron chi connectivity index (χ3n) is 5.15. The fourth-order valence-corrected chi connectivity index (χ4v) is 2.99. The Morgan fingerprint density at radius 1 is 1.32 bits per heavy atom. The summed E-state index contributed by atoms with van der Waals surface area (Å²) in [6.45, 7) is 1.91. The molecule has 0 aromatic carbocycles. The number of carbonyl (C=O) groups is 1. The molecule has 4 rings (SSSR count). The number of hydrogen-bond donors (Lipinski definition) is 2. The molecule has 1 saturated carbocycles. The summed E-state index contributed by atoms with van der Waals surface area (Å²) in [6, 6.07) is 7.04. The Labute approximate surface area is 176 Å². The van der Waals surface area contributed by atoms with Crippen LogP contribution in [0.5, 0.6) is 5.75 Å². The molecule has 31 heavy (non-hydrogen) atoms. The Hall–Kier alpha value is -3.14. The molecule has 3 aromatic rings. The van der Waals surface area contributed by atoms with Gasteiger partial charge < -0.3 is 15.8 Å². The zero-order valence-corrected chi connectivity index (χ0v) is 17.0. The summed E-state index contributed by atoms with van der Waals surface area (Å²) < 4.78 is 46.3. The lowest BCUT2D eigenvalue weighted by atomic mass is 10.0. The number of carbonyl (C=O) groups excluding carboxylic acids is 1. The molecular weight excluding hydrogens is 411 g/mol. The van der Waals surface area contributed by atoms with E-state index in [0.717, 1.165) is 19.8 Å². The lowest BCUT2D eigenvalue weighted by molar-refractivity contribution is -0.187. The van der Waals surface area contributed by atoms with E-state index < -0.39 is 18.3 Å². The van der Waals surface area contributed by atoms with Gasteiger partial charge >= 0.3 is 6.18 Å². The van der Waals surface area contributed by atoms with Gasteiger partial charge in [-0.05, 0) is 50.5 Å². The SMILES string of the molecule is Cc1cc(-c2ccn3nc(NC(=O)C4CC4)cc3c2)c(OCC(C)(N)C(F)(F)F)cn1. The van der Waals surface area contributed by atoms with Crippen molar-refractivity contribution < 1.29 is 22.7 Å². The fourth-order valence-electron chi connectivity index (χ4n) is 2.99. The minimum atomic E-state index is -4.61. The molecule has 0 aliphatic heterocycles. The molecule has 0 saturated heterocycles. The van der Waals surface area contributed by atoms with Crippen LogP contribution in [0, 0.1) is 12.8 Å². The van der Waals surface area contributed by atoms with Crippen LogP contribution in [0.2, 0.25) is 0 Å². The van der Waals surface area contributed by atoms with Gasteiger partial charge in [-0.3, -0.25) is 9.78 Å². The molecular formula is C21H22F3N5O2. The molecule has 0 spiro atoms. The number of aryl methyl sites for hydroxylation is 1. The number of pyridine rings is 2. The number of alkyl halides is 3. The number of nitrogens with two attached hydrogens (primary N) is 1. The number of rotatable bonds is 6. The molecule has 3 aromatic heterocycles. The quantitative estimate of drug-likeness (QED) is 0.618. The van der Waals surface area contributed by atoms with E-state index in [0.29, 0.717) is 28.2 Å². The smallest absolute Gasteiger partial charge is 0.409 e. The highest BCUT2D eigenvalue weighted by Crippen LogP contribution is 2.34. The topological polar surface area (TPSA) is 94.5 Å². The third-order valence-corrected chi connectivity index (χ3v) is 5.15. The van der Waals surface area contributed by atoms with Gasteiger partial charge in [0.05, 0.1) is 11.7 Å². The van der Waals surface area contributed by atoms with Gasteiger partial charge in [-0.1, -0.05) is 0 Å². The summed E-state index contributed by atoms with van der Waals surface area (Å²) in [6.07, 6.45) is 0.273. The first-order valence-corrected chi connectivity index (χ1v) is 9.79. The highest BCUT2D eigenvalue weighted by molar-refractivity contribution is 5.93. The maximum atomic E-state index is 13.1. The Bertz CT molecular complexity index is 1140. The average molecular weight is 433 g/mol. The number of nitrogens with zero attached hydrogens (tertiary/aromatic N) is 3. The molecule has 3 N–H and O–H groups in total. The van der Waals surface area contributed by atoms with E-state index in [1.54, 1.807) is 35.8 Å². The fraction of sp³-hybridized carbons (Fsp3) is 0.381. The number of nitrogens with one attached hydrogen (secondary N) is 1. The number of ether oxygens (including phenoxy) is 1. The molecule has 3 heterocycles. The van der Waals surface area contributed by atoms with E-state index in [9.17, 15) is 18.0 Å². The van der Waals surface area contributed by atoms with Gasteiger partial charge in [0.25, 0.3) is 0 Å². The normalized spacial score (nSPS) is 16.2. The zero-order chi connectivity index (χ0) is 22.4. The molecule has 7 nitrogen and oxygen atoms in total. The Balaban J connectivity index is 1.62. The monoisotopic (exact) mass is 433 g/mol. The summed E-state index contributed by atoms with van der Waals surface area (Å²) >= 11 is 0. The van der Waals surface area contributed by atoms with E-state index in [2.05, 4.69) is 15.4 Å². The lowest BCUT2D eigenvalue weighted by Crippen LogP contribution is -2.55. The summed E-state index contributed by atoms with van der Waals surface area (Å²) in [5.41, 5.74) is 5.57. The Morgan fingerprint density at radius 3 is 2.74 bits per heavy atom. The first kappa shape index (κ1) is 21.1. The molecule has 1 amide bonds. The van der Waals surface area contributed by atoms with Gasteiger partial charge in [0.15, 0.2) is 5.82 Å². The highest BCUT2D eigenvalue weighted by atomic mass is 19.4. The van der Waals surface area contributed by atoms with Gasteiger partial charge in [0.1, 0.15) is 17.9 Å². The van der Waals surface area contributed by atoms with Crippen LogP contribution >= 0.6 is 0 Å². The number of aromatic nitrogens is 3. The van der Waals surface area contributed by atoms with E-state index in [1.165, 1.54) is 6.20 Å². The third kappa shape index (κ3) is 4.48. The van der Waals surface area contributed by atoms with Crippen molar-refractivity contribution in [1.29, 1.82) is 0 Å². The van der Waals surface area contributed by atoms with Gasteiger partial charge in [-0.2, -0.15) is 18.3 Å². The number of halogens is 3. The molecule has 0 bridgehead atoms. The molecule has 10 heteroatoms. The first-order chi connectivity index (χ1) is 14.5. The van der Waals surface area contributed by atoms with Gasteiger partial charge in [0, 0.05) is 29.4 Å². The molecule has 1 aliphatic rings. The van der Waals surface area contributed by atoms with Crippen molar-refractivity contribution in [1.82, 2.24) is 14.6 Å². The second-order valence-corrected chi connectivity index (χ2v) is 8.10. The minimum absolute atomic E-state index is 0.0430. The van der Waals surface area contributed by atoms with Crippen molar-refractivity contribution in [2.24, 2.45) is 11.7 Å². The van der Waals surface area contributed by atoms with Crippen LogP contribution in [0.1, 0.15) is 25.5 Å². The van der Waals surface area contributed by atoms with Crippen molar-refractivity contribution in [2.45, 2.75) is 38.4 Å². The van der Waals surface area contributed by atoms with Gasteiger partial charge in [-0.15, -0.1) is 0 Å². The maximum Gasteiger partial charge on any atom is 0.409 e. The van der Waals surface area contributed by atoms with Crippen molar-refractivity contribution >= 4 is 17.2 Å². The van der Waals surface area contributed by atoms with Crippen molar-refractivity contribution in [2.75, 3.05) is 11.9 Å². The maximum absolute atomic E-state index is 13.1. The van der Waals surface area contributed by atoms with E-state index in [-0.39, 0.29) is 17.6 Å². The first-order valence-electron chi connectivity index (χ1n) is 9.79.